The fraction of sp³-hybridized carbons (Fsp3) is 0.350. The van der Waals surface area contributed by atoms with Crippen LogP contribution in [0, 0.1) is 0 Å². The number of sulfonamides is 1. The zero-order valence-corrected chi connectivity index (χ0v) is 17.5. The van der Waals surface area contributed by atoms with Crippen LogP contribution in [-0.2, 0) is 16.4 Å². The summed E-state index contributed by atoms with van der Waals surface area (Å²) < 4.78 is 42.2. The minimum Gasteiger partial charge on any atom is -0.497 e. The van der Waals surface area contributed by atoms with E-state index in [1.807, 2.05) is 24.3 Å². The zero-order valence-electron chi connectivity index (χ0n) is 16.7. The van der Waals surface area contributed by atoms with Gasteiger partial charge in [-0.1, -0.05) is 12.1 Å². The van der Waals surface area contributed by atoms with Crippen molar-refractivity contribution in [3.8, 4) is 17.2 Å². The second-order valence-electron chi connectivity index (χ2n) is 6.14. The van der Waals surface area contributed by atoms with E-state index in [1.54, 1.807) is 25.3 Å². The van der Waals surface area contributed by atoms with Crippen LogP contribution < -0.4 is 24.2 Å². The van der Waals surface area contributed by atoms with Gasteiger partial charge >= 0.3 is 0 Å². The fourth-order valence-electron chi connectivity index (χ4n) is 2.63. The lowest BCUT2D eigenvalue weighted by atomic mass is 10.1. The first-order chi connectivity index (χ1) is 13.9. The molecule has 0 radical (unpaired) electrons. The van der Waals surface area contributed by atoms with Crippen molar-refractivity contribution in [1.29, 1.82) is 0 Å². The summed E-state index contributed by atoms with van der Waals surface area (Å²) in [5, 5.41) is 2.59. The van der Waals surface area contributed by atoms with Gasteiger partial charge in [0.1, 0.15) is 17.2 Å². The molecule has 0 aliphatic carbocycles. The summed E-state index contributed by atoms with van der Waals surface area (Å²) in [4.78, 5) is 12.3. The summed E-state index contributed by atoms with van der Waals surface area (Å²) in [6, 6.07) is 12.2. The Morgan fingerprint density at radius 3 is 2.34 bits per heavy atom. The summed E-state index contributed by atoms with van der Waals surface area (Å²) in [7, 11) is 1.02. The molecule has 8 nitrogen and oxygen atoms in total. The Morgan fingerprint density at radius 1 is 0.931 bits per heavy atom. The maximum Gasteiger partial charge on any atom is 0.255 e. The average molecular weight is 423 g/mol. The highest BCUT2D eigenvalue weighted by Crippen LogP contribution is 2.24. The zero-order chi connectivity index (χ0) is 21.3. The number of ether oxygens (including phenoxy) is 3. The van der Waals surface area contributed by atoms with E-state index in [1.165, 1.54) is 14.2 Å². The number of carbonyl (C=O) groups excluding carboxylic acids is 1. The van der Waals surface area contributed by atoms with E-state index in [4.69, 9.17) is 14.2 Å². The largest absolute Gasteiger partial charge is 0.497 e. The first-order valence-electron chi connectivity index (χ1n) is 8.99. The minimum atomic E-state index is -3.52. The highest BCUT2D eigenvalue weighted by Gasteiger charge is 2.15. The van der Waals surface area contributed by atoms with Gasteiger partial charge in [-0.05, 0) is 36.2 Å². The molecule has 0 heterocycles. The van der Waals surface area contributed by atoms with E-state index >= 15 is 0 Å². The minimum absolute atomic E-state index is 0.0253. The van der Waals surface area contributed by atoms with Crippen LogP contribution in [0.5, 0.6) is 17.2 Å². The Labute approximate surface area is 171 Å². The van der Waals surface area contributed by atoms with Gasteiger partial charge in [-0.2, -0.15) is 0 Å². The van der Waals surface area contributed by atoms with Crippen molar-refractivity contribution < 1.29 is 27.4 Å². The average Bonchev–Trinajstić information content (AvgIpc) is 2.73. The van der Waals surface area contributed by atoms with Gasteiger partial charge in [-0.3, -0.25) is 4.79 Å². The third-order valence-corrected chi connectivity index (χ3v) is 5.56. The monoisotopic (exact) mass is 422 g/mol. The SMILES string of the molecule is COc1cccc(CCNS(=O)(=O)CCNC(=O)c2ccc(OC)cc2OC)c1. The Morgan fingerprint density at radius 2 is 1.66 bits per heavy atom. The van der Waals surface area contributed by atoms with Gasteiger partial charge in [0.25, 0.3) is 5.91 Å². The lowest BCUT2D eigenvalue weighted by Crippen LogP contribution is -2.35. The van der Waals surface area contributed by atoms with Crippen LogP contribution in [0.3, 0.4) is 0 Å². The smallest absolute Gasteiger partial charge is 0.255 e. The summed E-state index contributed by atoms with van der Waals surface area (Å²) in [6.45, 7) is 0.234. The Kier molecular flexibility index (Phi) is 8.29. The highest BCUT2D eigenvalue weighted by atomic mass is 32.2. The summed E-state index contributed by atoms with van der Waals surface area (Å²) in [5.41, 5.74) is 1.27. The van der Waals surface area contributed by atoms with Crippen LogP contribution >= 0.6 is 0 Å². The van der Waals surface area contributed by atoms with Crippen LogP contribution in [0.4, 0.5) is 0 Å². The van der Waals surface area contributed by atoms with Crippen molar-refractivity contribution in [1.82, 2.24) is 10.0 Å². The molecule has 1 amide bonds. The van der Waals surface area contributed by atoms with Crippen molar-refractivity contribution in [2.45, 2.75) is 6.42 Å². The molecule has 2 aromatic rings. The molecule has 29 heavy (non-hydrogen) atoms. The second-order valence-corrected chi connectivity index (χ2v) is 8.06. The number of rotatable bonds is 11. The number of benzene rings is 2. The summed E-state index contributed by atoms with van der Waals surface area (Å²) in [6.07, 6.45) is 0.534. The number of methoxy groups -OCH3 is 3. The van der Waals surface area contributed by atoms with Crippen molar-refractivity contribution in [3.05, 3.63) is 53.6 Å². The van der Waals surface area contributed by atoms with Crippen LogP contribution in [0.15, 0.2) is 42.5 Å². The Hall–Kier alpha value is -2.78. The molecule has 0 fully saturated rings. The summed E-state index contributed by atoms with van der Waals surface area (Å²) in [5.74, 6) is 0.982. The second kappa shape index (κ2) is 10.7. The van der Waals surface area contributed by atoms with E-state index in [9.17, 15) is 13.2 Å². The number of hydrogen-bond donors (Lipinski definition) is 2. The third-order valence-electron chi connectivity index (χ3n) is 4.18. The standard InChI is InChI=1S/C20H26N2O6S/c1-26-16-6-4-5-15(13-16)9-10-22-29(24,25)12-11-21-20(23)18-8-7-17(27-2)14-19(18)28-3/h4-8,13-14,22H,9-12H2,1-3H3,(H,21,23). The number of amides is 1. The van der Waals surface area contributed by atoms with Gasteiger partial charge in [0, 0.05) is 19.2 Å². The van der Waals surface area contributed by atoms with E-state index in [0.29, 0.717) is 23.5 Å². The molecule has 0 unspecified atom stereocenters. The highest BCUT2D eigenvalue weighted by molar-refractivity contribution is 7.89. The quantitative estimate of drug-likeness (QED) is 0.570. The lowest BCUT2D eigenvalue weighted by Gasteiger charge is -2.11. The first kappa shape index (κ1) is 22.5. The van der Waals surface area contributed by atoms with Crippen LogP contribution in [0.2, 0.25) is 0 Å². The number of nitrogens with one attached hydrogen (secondary N) is 2. The van der Waals surface area contributed by atoms with Crippen molar-refractivity contribution >= 4 is 15.9 Å². The predicted molar refractivity (Wildman–Crippen MR) is 110 cm³/mol. The van der Waals surface area contributed by atoms with Crippen LogP contribution in [-0.4, -0.2) is 54.5 Å². The van der Waals surface area contributed by atoms with Gasteiger partial charge in [0.15, 0.2) is 0 Å². The van der Waals surface area contributed by atoms with Crippen molar-refractivity contribution in [2.24, 2.45) is 0 Å². The molecule has 2 aromatic carbocycles. The van der Waals surface area contributed by atoms with Crippen molar-refractivity contribution in [3.63, 3.8) is 0 Å². The maximum absolute atomic E-state index is 12.3. The molecule has 2 rings (SSSR count). The molecule has 0 aromatic heterocycles. The first-order valence-corrected chi connectivity index (χ1v) is 10.6. The third kappa shape index (κ3) is 6.95. The molecule has 0 saturated carbocycles. The molecule has 2 N–H and O–H groups in total. The van der Waals surface area contributed by atoms with Gasteiger partial charge in [0.05, 0.1) is 32.6 Å². The Bertz CT molecular complexity index is 930. The van der Waals surface area contributed by atoms with Gasteiger partial charge in [-0.25, -0.2) is 13.1 Å². The number of carbonyl (C=O) groups is 1. The molecule has 158 valence electrons. The van der Waals surface area contributed by atoms with Gasteiger partial charge in [-0.15, -0.1) is 0 Å². The van der Waals surface area contributed by atoms with Crippen molar-refractivity contribution in [2.75, 3.05) is 40.2 Å². The lowest BCUT2D eigenvalue weighted by molar-refractivity contribution is 0.0953. The van der Waals surface area contributed by atoms with Gasteiger partial charge < -0.3 is 19.5 Å². The molecule has 0 spiro atoms. The molecular formula is C20H26N2O6S. The van der Waals surface area contributed by atoms with Gasteiger partial charge in [0.2, 0.25) is 10.0 Å². The molecule has 0 aliphatic rings. The normalized spacial score (nSPS) is 11.0. The van der Waals surface area contributed by atoms with Crippen LogP contribution in [0.25, 0.3) is 0 Å². The topological polar surface area (TPSA) is 103 Å². The molecule has 0 atom stereocenters. The molecular weight excluding hydrogens is 396 g/mol. The van der Waals surface area contributed by atoms with E-state index in [-0.39, 0.29) is 18.8 Å². The van der Waals surface area contributed by atoms with Crippen LogP contribution in [0.1, 0.15) is 15.9 Å². The predicted octanol–water partition coefficient (Wildman–Crippen LogP) is 1.60. The van der Waals surface area contributed by atoms with E-state index < -0.39 is 15.9 Å². The number of hydrogen-bond acceptors (Lipinski definition) is 6. The molecule has 9 heteroatoms. The summed E-state index contributed by atoms with van der Waals surface area (Å²) >= 11 is 0. The Balaban J connectivity index is 1.82. The van der Waals surface area contributed by atoms with E-state index in [0.717, 1.165) is 11.3 Å². The maximum atomic E-state index is 12.3. The van der Waals surface area contributed by atoms with E-state index in [2.05, 4.69) is 10.0 Å². The molecule has 0 aliphatic heterocycles. The molecule has 0 saturated heterocycles. The molecule has 0 bridgehead atoms. The fourth-order valence-corrected chi connectivity index (χ4v) is 3.56.